The fraction of sp³-hybridized carbons (Fsp3) is 0.750. The van der Waals surface area contributed by atoms with Gasteiger partial charge in [-0.05, 0) is 33.2 Å². The van der Waals surface area contributed by atoms with E-state index in [4.69, 9.17) is 9.84 Å². The van der Waals surface area contributed by atoms with E-state index in [-0.39, 0.29) is 12.0 Å². The molecule has 1 fully saturated rings. The molecule has 1 saturated heterocycles. The van der Waals surface area contributed by atoms with E-state index in [9.17, 15) is 4.79 Å². The van der Waals surface area contributed by atoms with Gasteiger partial charge in [0.05, 0.1) is 24.8 Å². The van der Waals surface area contributed by atoms with Crippen molar-refractivity contribution in [3.05, 3.63) is 18.0 Å². The molecule has 0 aliphatic carbocycles. The Bertz CT molecular complexity index is 499. The minimum absolute atomic E-state index is 0.0536. The topological polar surface area (TPSA) is 67.6 Å². The van der Waals surface area contributed by atoms with Crippen LogP contribution < -0.4 is 0 Å². The summed E-state index contributed by atoms with van der Waals surface area (Å²) >= 11 is 0. The molecule has 0 radical (unpaired) electrons. The van der Waals surface area contributed by atoms with Crippen LogP contribution in [0.1, 0.15) is 45.6 Å². The molecular weight excluding hydrogens is 282 g/mol. The number of rotatable bonds is 7. The standard InChI is InChI=1S/C16H27N3O3/c1-4-18(14-6-8-22-16(2,3)9-14)11-13-10-17-19(12-13)7-5-15(20)21/h10,12,14H,4-9,11H2,1-3H3,(H,20,21)/t14-/m0/s1. The number of nitrogens with zero attached hydrogens (tertiary/aromatic N) is 3. The third kappa shape index (κ3) is 4.81. The fourth-order valence-electron chi connectivity index (χ4n) is 3.07. The summed E-state index contributed by atoms with van der Waals surface area (Å²) in [4.78, 5) is 13.1. The number of carboxylic acid groups (broad SMARTS) is 1. The van der Waals surface area contributed by atoms with Crippen molar-refractivity contribution in [3.8, 4) is 0 Å². The highest BCUT2D eigenvalue weighted by atomic mass is 16.5. The number of aliphatic carboxylic acids is 1. The van der Waals surface area contributed by atoms with Gasteiger partial charge in [0.15, 0.2) is 0 Å². The molecular formula is C16H27N3O3. The van der Waals surface area contributed by atoms with Gasteiger partial charge in [0.2, 0.25) is 0 Å². The van der Waals surface area contributed by atoms with Gasteiger partial charge < -0.3 is 9.84 Å². The molecule has 0 saturated carbocycles. The highest BCUT2D eigenvalue weighted by molar-refractivity contribution is 5.66. The minimum atomic E-state index is -0.795. The van der Waals surface area contributed by atoms with Crippen molar-refractivity contribution in [2.45, 2.75) is 64.8 Å². The Morgan fingerprint density at radius 3 is 3.00 bits per heavy atom. The van der Waals surface area contributed by atoms with E-state index in [1.165, 1.54) is 0 Å². The van der Waals surface area contributed by atoms with Crippen molar-refractivity contribution >= 4 is 5.97 Å². The molecule has 1 aliphatic rings. The minimum Gasteiger partial charge on any atom is -0.481 e. The molecule has 22 heavy (non-hydrogen) atoms. The lowest BCUT2D eigenvalue weighted by Crippen LogP contribution is -2.45. The Morgan fingerprint density at radius 1 is 1.59 bits per heavy atom. The van der Waals surface area contributed by atoms with Gasteiger partial charge in [-0.1, -0.05) is 6.92 Å². The van der Waals surface area contributed by atoms with Crippen molar-refractivity contribution in [2.24, 2.45) is 0 Å². The van der Waals surface area contributed by atoms with Crippen LogP contribution in [0.2, 0.25) is 0 Å². The quantitative estimate of drug-likeness (QED) is 0.836. The van der Waals surface area contributed by atoms with Gasteiger partial charge in [0.25, 0.3) is 0 Å². The molecule has 0 unspecified atom stereocenters. The fourth-order valence-corrected chi connectivity index (χ4v) is 3.07. The van der Waals surface area contributed by atoms with Gasteiger partial charge in [-0.25, -0.2) is 0 Å². The van der Waals surface area contributed by atoms with Crippen molar-refractivity contribution < 1.29 is 14.6 Å². The highest BCUT2D eigenvalue weighted by Crippen LogP contribution is 2.28. The smallest absolute Gasteiger partial charge is 0.305 e. The second-order valence-electron chi connectivity index (χ2n) is 6.57. The predicted molar refractivity (Wildman–Crippen MR) is 83.6 cm³/mol. The molecule has 0 bridgehead atoms. The summed E-state index contributed by atoms with van der Waals surface area (Å²) in [5, 5.41) is 13.0. The van der Waals surface area contributed by atoms with Crippen molar-refractivity contribution in [3.63, 3.8) is 0 Å². The van der Waals surface area contributed by atoms with Gasteiger partial charge in [-0.2, -0.15) is 5.10 Å². The Kier molecular flexibility index (Phi) is 5.58. The van der Waals surface area contributed by atoms with Crippen LogP contribution in [0.15, 0.2) is 12.4 Å². The zero-order chi connectivity index (χ0) is 16.2. The summed E-state index contributed by atoms with van der Waals surface area (Å²) in [5.74, 6) is -0.795. The van der Waals surface area contributed by atoms with Crippen LogP contribution in [0, 0.1) is 0 Å². The van der Waals surface area contributed by atoms with E-state index in [0.717, 1.165) is 38.1 Å². The molecule has 1 aromatic rings. The summed E-state index contributed by atoms with van der Waals surface area (Å²) < 4.78 is 7.51. The number of carboxylic acids is 1. The Morgan fingerprint density at radius 2 is 2.36 bits per heavy atom. The van der Waals surface area contributed by atoms with Crippen LogP contribution in [0.3, 0.4) is 0 Å². The van der Waals surface area contributed by atoms with E-state index in [1.807, 2.05) is 12.4 Å². The van der Waals surface area contributed by atoms with Gasteiger partial charge in [-0.15, -0.1) is 0 Å². The molecule has 0 spiro atoms. The second kappa shape index (κ2) is 7.24. The lowest BCUT2D eigenvalue weighted by atomic mass is 9.92. The highest BCUT2D eigenvalue weighted by Gasteiger charge is 2.31. The van der Waals surface area contributed by atoms with Crippen LogP contribution in [0.5, 0.6) is 0 Å². The van der Waals surface area contributed by atoms with Crippen molar-refractivity contribution in [2.75, 3.05) is 13.2 Å². The largest absolute Gasteiger partial charge is 0.481 e. The summed E-state index contributed by atoms with van der Waals surface area (Å²) in [6, 6.07) is 0.524. The van der Waals surface area contributed by atoms with Gasteiger partial charge >= 0.3 is 5.97 Å². The molecule has 124 valence electrons. The maximum Gasteiger partial charge on any atom is 0.305 e. The van der Waals surface area contributed by atoms with Crippen molar-refractivity contribution in [1.29, 1.82) is 0 Å². The average molecular weight is 309 g/mol. The number of aromatic nitrogens is 2. The molecule has 0 aromatic carbocycles. The van der Waals surface area contributed by atoms with Gasteiger partial charge in [-0.3, -0.25) is 14.4 Å². The Labute approximate surface area is 132 Å². The summed E-state index contributed by atoms with van der Waals surface area (Å²) in [5.41, 5.74) is 1.08. The van der Waals surface area contributed by atoms with E-state index >= 15 is 0 Å². The van der Waals surface area contributed by atoms with Crippen molar-refractivity contribution in [1.82, 2.24) is 14.7 Å². The van der Waals surface area contributed by atoms with E-state index in [0.29, 0.717) is 12.6 Å². The maximum absolute atomic E-state index is 10.6. The summed E-state index contributed by atoms with van der Waals surface area (Å²) in [6.07, 6.45) is 6.00. The first-order chi connectivity index (χ1) is 10.4. The van der Waals surface area contributed by atoms with E-state index in [2.05, 4.69) is 30.8 Å². The van der Waals surface area contributed by atoms with E-state index in [1.54, 1.807) is 4.68 Å². The number of ether oxygens (including phenoxy) is 1. The van der Waals surface area contributed by atoms with Crippen LogP contribution in [0.4, 0.5) is 0 Å². The molecule has 1 N–H and O–H groups in total. The Hall–Kier alpha value is -1.40. The molecule has 6 heteroatoms. The molecule has 1 aromatic heterocycles. The summed E-state index contributed by atoms with van der Waals surface area (Å²) in [7, 11) is 0. The average Bonchev–Trinajstić information content (AvgIpc) is 2.89. The number of hydrogen-bond acceptors (Lipinski definition) is 4. The zero-order valence-electron chi connectivity index (χ0n) is 13.8. The van der Waals surface area contributed by atoms with Crippen LogP contribution in [-0.4, -0.2) is 50.6 Å². The first-order valence-corrected chi connectivity index (χ1v) is 8.01. The monoisotopic (exact) mass is 309 g/mol. The molecule has 2 rings (SSSR count). The third-order valence-corrected chi connectivity index (χ3v) is 4.22. The predicted octanol–water partition coefficient (Wildman–Crippen LogP) is 2.14. The normalized spacial score (nSPS) is 21.2. The third-order valence-electron chi connectivity index (χ3n) is 4.22. The number of hydrogen-bond donors (Lipinski definition) is 1. The number of carbonyl (C=O) groups is 1. The SMILES string of the molecule is CCN(Cc1cnn(CCC(=O)O)c1)[C@H]1CCOC(C)(C)C1. The lowest BCUT2D eigenvalue weighted by molar-refractivity contribution is -0.137. The van der Waals surface area contributed by atoms with Crippen LogP contribution >= 0.6 is 0 Å². The molecule has 6 nitrogen and oxygen atoms in total. The molecule has 1 aliphatic heterocycles. The molecule has 2 heterocycles. The second-order valence-corrected chi connectivity index (χ2v) is 6.57. The van der Waals surface area contributed by atoms with Crippen LogP contribution in [-0.2, 0) is 22.6 Å². The molecule has 1 atom stereocenters. The first kappa shape index (κ1) is 17.0. The maximum atomic E-state index is 10.6. The molecule has 0 amide bonds. The lowest BCUT2D eigenvalue weighted by Gasteiger charge is -2.40. The first-order valence-electron chi connectivity index (χ1n) is 8.01. The van der Waals surface area contributed by atoms with Gasteiger partial charge in [0.1, 0.15) is 0 Å². The zero-order valence-corrected chi connectivity index (χ0v) is 13.8. The van der Waals surface area contributed by atoms with Crippen LogP contribution in [0.25, 0.3) is 0 Å². The van der Waals surface area contributed by atoms with E-state index < -0.39 is 5.97 Å². The number of aryl methyl sites for hydroxylation is 1. The summed E-state index contributed by atoms with van der Waals surface area (Å²) in [6.45, 7) is 9.55. The van der Waals surface area contributed by atoms with Gasteiger partial charge in [0, 0.05) is 31.0 Å². The Balaban J connectivity index is 1.94.